The van der Waals surface area contributed by atoms with Crippen LogP contribution in [0.4, 0.5) is 4.79 Å². The second-order valence-electron chi connectivity index (χ2n) is 11.5. The number of aliphatic hydroxyl groups is 2. The average molecular weight is 603 g/mol. The maximum atomic E-state index is 13.6. The van der Waals surface area contributed by atoms with Gasteiger partial charge in [-0.25, -0.2) is 4.79 Å². The van der Waals surface area contributed by atoms with Crippen LogP contribution in [-0.2, 0) is 23.9 Å². The lowest BCUT2D eigenvalue weighted by Crippen LogP contribution is -2.38. The van der Waals surface area contributed by atoms with Gasteiger partial charge in [-0.3, -0.25) is 14.4 Å². The van der Waals surface area contributed by atoms with Crippen LogP contribution >= 0.6 is 0 Å². The molecule has 0 aromatic rings. The molecule has 0 fully saturated rings. The summed E-state index contributed by atoms with van der Waals surface area (Å²) in [5.41, 5.74) is 6.18. The summed E-state index contributed by atoms with van der Waals surface area (Å²) in [5.74, 6) is -2.22. The molecule has 0 spiro atoms. The molecule has 43 heavy (non-hydrogen) atoms. The van der Waals surface area contributed by atoms with E-state index < -0.39 is 53.9 Å². The van der Waals surface area contributed by atoms with Gasteiger partial charge in [-0.15, -0.1) is 0 Å². The number of hydrogen-bond acceptors (Lipinski definition) is 10. The van der Waals surface area contributed by atoms with Gasteiger partial charge in [0.05, 0.1) is 23.6 Å². The van der Waals surface area contributed by atoms with E-state index >= 15 is 0 Å². The number of allylic oxidation sites excluding steroid dienone is 4. The van der Waals surface area contributed by atoms with E-state index in [0.29, 0.717) is 25.1 Å². The van der Waals surface area contributed by atoms with Crippen LogP contribution in [0.25, 0.3) is 0 Å². The summed E-state index contributed by atoms with van der Waals surface area (Å²) in [6.07, 6.45) is 2.23. The van der Waals surface area contributed by atoms with Crippen molar-refractivity contribution in [3.05, 3.63) is 58.5 Å². The molecule has 0 aromatic heterocycles. The summed E-state index contributed by atoms with van der Waals surface area (Å²) in [6, 6.07) is 0. The number of hydrogen-bond donors (Lipinski definition) is 5. The highest BCUT2D eigenvalue weighted by Crippen LogP contribution is 2.28. The van der Waals surface area contributed by atoms with Gasteiger partial charge in [0.25, 0.3) is 5.91 Å². The Morgan fingerprint density at radius 3 is 2.47 bits per heavy atom. The number of amides is 2. The first-order chi connectivity index (χ1) is 20.2. The van der Waals surface area contributed by atoms with Crippen molar-refractivity contribution in [2.24, 2.45) is 17.6 Å². The molecule has 238 valence electrons. The van der Waals surface area contributed by atoms with E-state index in [1.54, 1.807) is 19.9 Å². The molecule has 1 heterocycles. The molecule has 6 N–H and O–H groups in total. The summed E-state index contributed by atoms with van der Waals surface area (Å²) in [6.45, 7) is 7.85. The van der Waals surface area contributed by atoms with Crippen LogP contribution in [0.1, 0.15) is 40.5 Å². The molecule has 0 aromatic carbocycles. The van der Waals surface area contributed by atoms with Crippen molar-refractivity contribution in [2.75, 3.05) is 34.3 Å². The van der Waals surface area contributed by atoms with Gasteiger partial charge in [0.1, 0.15) is 6.10 Å². The Labute approximate surface area is 253 Å². The molecular formula is C31H46N4O8. The number of likely N-dealkylation sites (N-methyl/N-ethyl adjacent to an activating group) is 1. The Morgan fingerprint density at radius 2 is 1.86 bits per heavy atom. The lowest BCUT2D eigenvalue weighted by molar-refractivity contribution is -0.120. The van der Waals surface area contributed by atoms with Gasteiger partial charge >= 0.3 is 6.09 Å². The van der Waals surface area contributed by atoms with Crippen LogP contribution in [0, 0.1) is 11.8 Å². The number of aliphatic hydroxyl groups excluding tert-OH is 2. The largest absolute Gasteiger partial charge is 0.439 e. The quantitative estimate of drug-likeness (QED) is 0.219. The van der Waals surface area contributed by atoms with E-state index in [-0.39, 0.29) is 34.9 Å². The van der Waals surface area contributed by atoms with Crippen molar-refractivity contribution in [3.63, 3.8) is 0 Å². The summed E-state index contributed by atoms with van der Waals surface area (Å²) < 4.78 is 10.8. The number of nitrogens with one attached hydrogen (secondary N) is 2. The van der Waals surface area contributed by atoms with Gasteiger partial charge in [0.15, 0.2) is 6.10 Å². The number of Topliss-reactive ketones (excluding diaryl/α,β-unsaturated/α-hetero) is 1. The first-order valence-electron chi connectivity index (χ1n) is 14.3. The first-order valence-corrected chi connectivity index (χ1v) is 14.3. The minimum atomic E-state index is -1.33. The fraction of sp³-hybridized carbons (Fsp3) is 0.548. The van der Waals surface area contributed by atoms with Gasteiger partial charge in [0.2, 0.25) is 11.6 Å². The average Bonchev–Trinajstić information content (AvgIpc) is 2.92. The van der Waals surface area contributed by atoms with Gasteiger partial charge in [-0.1, -0.05) is 38.2 Å². The molecule has 0 unspecified atom stereocenters. The summed E-state index contributed by atoms with van der Waals surface area (Å²) in [5, 5.41) is 27.6. The Bertz CT molecular complexity index is 1220. The third kappa shape index (κ3) is 10.3. The van der Waals surface area contributed by atoms with Crippen LogP contribution in [0.2, 0.25) is 0 Å². The maximum absolute atomic E-state index is 13.6. The highest BCUT2D eigenvalue weighted by molar-refractivity contribution is 6.23. The molecule has 12 nitrogen and oxygen atoms in total. The van der Waals surface area contributed by atoms with Gasteiger partial charge in [-0.05, 0) is 52.3 Å². The summed E-state index contributed by atoms with van der Waals surface area (Å²) >= 11 is 0. The molecule has 2 bridgehead atoms. The maximum Gasteiger partial charge on any atom is 0.405 e. The second kappa shape index (κ2) is 16.3. The van der Waals surface area contributed by atoms with E-state index in [0.717, 1.165) is 6.08 Å². The monoisotopic (exact) mass is 602 g/mol. The second-order valence-corrected chi connectivity index (χ2v) is 11.5. The van der Waals surface area contributed by atoms with Crippen LogP contribution < -0.4 is 16.4 Å². The highest BCUT2D eigenvalue weighted by atomic mass is 16.6. The molecule has 2 rings (SSSR count). The number of rotatable bonds is 6. The Hall–Kier alpha value is -3.58. The standard InChI is InChI=1S/C31H46N4O8/c1-17-13-21-26(33-11-12-35(5)6)24(37)16-22(28(21)39)34-30(40)18(2)9-8-10-23(36)29(43-31(32)41)20(4)15-19(3)27(38)25(14-17)42-7/h8-10,15-17,19,23,25,27,29,33,36,38H,11-14H2,1-7H3,(H2,32,41)(H,34,40)/b10-8-,18-9+,20-15+/t17-,19+,23+,25+,27-,29+/m1/s1. The zero-order valence-electron chi connectivity index (χ0n) is 26.0. The van der Waals surface area contributed by atoms with Crippen molar-refractivity contribution in [2.45, 2.75) is 65.0 Å². The fourth-order valence-electron chi connectivity index (χ4n) is 5.00. The molecule has 0 saturated heterocycles. The number of nitrogens with zero attached hydrogens (tertiary/aromatic N) is 1. The van der Waals surface area contributed by atoms with Gasteiger partial charge in [0, 0.05) is 43.3 Å². The number of ether oxygens (including phenoxy) is 2. The third-order valence-corrected chi connectivity index (χ3v) is 7.40. The minimum absolute atomic E-state index is 0.142. The fourth-order valence-corrected chi connectivity index (χ4v) is 5.00. The van der Waals surface area contributed by atoms with E-state index in [2.05, 4.69) is 10.6 Å². The SMILES string of the molecule is CO[C@H]1C[C@H](C)CC2=C(NCCN(C)C)C(=O)C=C(NC(=O)/C(C)=C/C=C\[C@H](O)[C@@H](OC(N)=O)/C(C)=C/[C@H](C)[C@H]1O)C2=O. The Morgan fingerprint density at radius 1 is 1.19 bits per heavy atom. The van der Waals surface area contributed by atoms with Crippen LogP contribution in [0.15, 0.2) is 58.5 Å². The molecule has 2 aliphatic rings. The highest BCUT2D eigenvalue weighted by Gasteiger charge is 2.33. The first kappa shape index (κ1) is 35.6. The van der Waals surface area contributed by atoms with Crippen molar-refractivity contribution < 1.29 is 38.9 Å². The molecule has 0 radical (unpaired) electrons. The number of carbonyl (C=O) groups excluding carboxylic acids is 4. The van der Waals surface area contributed by atoms with Crippen molar-refractivity contribution >= 4 is 23.6 Å². The van der Waals surface area contributed by atoms with Gasteiger partial charge < -0.3 is 41.0 Å². The number of primary amides is 1. The summed E-state index contributed by atoms with van der Waals surface area (Å²) in [4.78, 5) is 53.3. The predicted molar refractivity (Wildman–Crippen MR) is 161 cm³/mol. The number of carbonyl (C=O) groups is 4. The third-order valence-electron chi connectivity index (χ3n) is 7.40. The molecule has 12 heteroatoms. The van der Waals surface area contributed by atoms with Crippen molar-refractivity contribution in [1.29, 1.82) is 0 Å². The molecule has 1 aliphatic heterocycles. The van der Waals surface area contributed by atoms with E-state index in [9.17, 15) is 29.4 Å². The molecule has 2 amide bonds. The Balaban J connectivity index is 2.57. The predicted octanol–water partition coefficient (Wildman–Crippen LogP) is 1.26. The lowest BCUT2D eigenvalue weighted by Gasteiger charge is -2.29. The molecular weight excluding hydrogens is 556 g/mol. The molecule has 0 saturated carbocycles. The normalized spacial score (nSPS) is 31.4. The number of nitrogens with two attached hydrogens (primary N) is 1. The lowest BCUT2D eigenvalue weighted by atomic mass is 9.85. The zero-order chi connectivity index (χ0) is 32.4. The number of ketones is 2. The van der Waals surface area contributed by atoms with E-state index in [4.69, 9.17) is 15.2 Å². The number of methoxy groups -OCH3 is 1. The Kier molecular flexibility index (Phi) is 13.5. The van der Waals surface area contributed by atoms with E-state index in [1.165, 1.54) is 32.3 Å². The van der Waals surface area contributed by atoms with Crippen molar-refractivity contribution in [3.8, 4) is 0 Å². The molecule has 6 atom stereocenters. The summed E-state index contributed by atoms with van der Waals surface area (Å²) in [7, 11) is 5.26. The van der Waals surface area contributed by atoms with Crippen LogP contribution in [0.5, 0.6) is 0 Å². The van der Waals surface area contributed by atoms with Gasteiger partial charge in [-0.2, -0.15) is 0 Å². The minimum Gasteiger partial charge on any atom is -0.439 e. The zero-order valence-corrected chi connectivity index (χ0v) is 26.0. The van der Waals surface area contributed by atoms with Crippen molar-refractivity contribution in [1.82, 2.24) is 15.5 Å². The smallest absolute Gasteiger partial charge is 0.405 e. The van der Waals surface area contributed by atoms with E-state index in [1.807, 2.05) is 25.9 Å². The number of fused-ring (bicyclic) bond motifs is 2. The van der Waals surface area contributed by atoms with Crippen LogP contribution in [-0.4, -0.2) is 97.4 Å². The molecule has 1 aliphatic carbocycles. The topological polar surface area (TPSA) is 181 Å². The van der Waals surface area contributed by atoms with Crippen LogP contribution in [0.3, 0.4) is 0 Å².